The van der Waals surface area contributed by atoms with E-state index < -0.39 is 0 Å². The number of nitrogens with one attached hydrogen (secondary N) is 1. The molecule has 0 aliphatic carbocycles. The quantitative estimate of drug-likeness (QED) is 0.803. The molecule has 18 heavy (non-hydrogen) atoms. The summed E-state index contributed by atoms with van der Waals surface area (Å²) in [6.07, 6.45) is 0.362. The maximum atomic E-state index is 3.58. The van der Waals surface area contributed by atoms with E-state index in [0.717, 1.165) is 13.1 Å². The Labute approximate surface area is 117 Å². The third-order valence-corrected chi connectivity index (χ3v) is 3.76. The minimum Gasteiger partial charge on any atom is -0.350 e. The molecule has 2 aliphatic heterocycles. The van der Waals surface area contributed by atoms with Crippen LogP contribution >= 0.6 is 17.0 Å². The highest BCUT2D eigenvalue weighted by molar-refractivity contribution is 8.93. The van der Waals surface area contributed by atoms with Gasteiger partial charge in [-0.05, 0) is 17.2 Å². The summed E-state index contributed by atoms with van der Waals surface area (Å²) in [6.45, 7) is 2.16. The minimum absolute atomic E-state index is 0. The van der Waals surface area contributed by atoms with E-state index in [-0.39, 0.29) is 17.0 Å². The van der Waals surface area contributed by atoms with Crippen molar-refractivity contribution in [3.05, 3.63) is 54.1 Å². The summed E-state index contributed by atoms with van der Waals surface area (Å²) in [5, 5.41) is 3.58. The fraction of sp³-hybridized carbons (Fsp3) is 0.200. The van der Waals surface area contributed by atoms with Gasteiger partial charge in [-0.1, -0.05) is 42.5 Å². The highest BCUT2D eigenvalue weighted by Gasteiger charge is 2.33. The Morgan fingerprint density at radius 3 is 2.56 bits per heavy atom. The highest BCUT2D eigenvalue weighted by Crippen LogP contribution is 2.44. The second-order valence-electron chi connectivity index (χ2n) is 4.65. The molecule has 2 nitrogen and oxygen atoms in total. The first kappa shape index (κ1) is 11.8. The molecular weight excluding hydrogens is 288 g/mol. The lowest BCUT2D eigenvalue weighted by atomic mass is 9.92. The number of benzene rings is 2. The molecule has 1 atom stereocenters. The Hall–Kier alpha value is -1.32. The van der Waals surface area contributed by atoms with Gasteiger partial charge >= 0.3 is 0 Å². The van der Waals surface area contributed by atoms with Gasteiger partial charge in [0.05, 0.1) is 0 Å². The van der Waals surface area contributed by atoms with Crippen LogP contribution in [0, 0.1) is 0 Å². The van der Waals surface area contributed by atoms with E-state index in [4.69, 9.17) is 0 Å². The molecule has 0 radical (unpaired) electrons. The number of hydrogen-bond donors (Lipinski definition) is 1. The number of hydrogen-bond acceptors (Lipinski definition) is 2. The lowest BCUT2D eigenvalue weighted by Gasteiger charge is -2.34. The Morgan fingerprint density at radius 2 is 1.67 bits per heavy atom. The Morgan fingerprint density at radius 1 is 0.944 bits per heavy atom. The number of nitrogens with zero attached hydrogens (tertiary/aromatic N) is 1. The third kappa shape index (κ3) is 1.51. The summed E-state index contributed by atoms with van der Waals surface area (Å²) >= 11 is 0. The van der Waals surface area contributed by atoms with Crippen molar-refractivity contribution in [2.24, 2.45) is 0 Å². The SMILES string of the molecule is Br.c1ccc2c(c1)-c1ccccc1N1CCNC21. The largest absolute Gasteiger partial charge is 0.350 e. The molecule has 3 heteroatoms. The van der Waals surface area contributed by atoms with Gasteiger partial charge in [-0.25, -0.2) is 0 Å². The average Bonchev–Trinajstić information content (AvgIpc) is 2.89. The molecule has 0 aromatic heterocycles. The maximum absolute atomic E-state index is 3.58. The molecular formula is C15H15BrN2. The molecule has 1 fully saturated rings. The zero-order valence-electron chi connectivity index (χ0n) is 9.97. The second kappa shape index (κ2) is 4.41. The zero-order valence-corrected chi connectivity index (χ0v) is 11.7. The predicted octanol–water partition coefficient (Wildman–Crippen LogP) is 3.35. The van der Waals surface area contributed by atoms with E-state index in [9.17, 15) is 0 Å². The van der Waals surface area contributed by atoms with Gasteiger partial charge in [-0.15, -0.1) is 17.0 Å². The van der Waals surface area contributed by atoms with Crippen LogP contribution in [0.1, 0.15) is 11.7 Å². The molecule has 1 unspecified atom stereocenters. The van der Waals surface area contributed by atoms with E-state index in [1.165, 1.54) is 22.4 Å². The van der Waals surface area contributed by atoms with Crippen LogP contribution in [0.3, 0.4) is 0 Å². The van der Waals surface area contributed by atoms with Crippen molar-refractivity contribution >= 4 is 22.7 Å². The molecule has 0 bridgehead atoms. The smallest absolute Gasteiger partial charge is 0.106 e. The molecule has 0 amide bonds. The molecule has 0 saturated carbocycles. The number of rotatable bonds is 0. The van der Waals surface area contributed by atoms with Gasteiger partial charge in [-0.3, -0.25) is 5.32 Å². The fourth-order valence-electron chi connectivity index (χ4n) is 3.03. The maximum Gasteiger partial charge on any atom is 0.106 e. The molecule has 0 spiro atoms. The number of para-hydroxylation sites is 1. The van der Waals surface area contributed by atoms with Crippen molar-refractivity contribution in [2.75, 3.05) is 18.0 Å². The Bertz CT molecular complexity index is 531. The van der Waals surface area contributed by atoms with Crippen molar-refractivity contribution in [3.63, 3.8) is 0 Å². The van der Waals surface area contributed by atoms with Crippen LogP contribution in [0.4, 0.5) is 5.69 Å². The van der Waals surface area contributed by atoms with E-state index in [1.54, 1.807) is 0 Å². The molecule has 4 rings (SSSR count). The highest BCUT2D eigenvalue weighted by atomic mass is 79.9. The summed E-state index contributed by atoms with van der Waals surface area (Å²) in [5.74, 6) is 0. The third-order valence-electron chi connectivity index (χ3n) is 3.76. The summed E-state index contributed by atoms with van der Waals surface area (Å²) in [4.78, 5) is 2.47. The van der Waals surface area contributed by atoms with Gasteiger partial charge in [0.15, 0.2) is 0 Å². The number of halogens is 1. The summed E-state index contributed by atoms with van der Waals surface area (Å²) < 4.78 is 0. The summed E-state index contributed by atoms with van der Waals surface area (Å²) in [7, 11) is 0. The topological polar surface area (TPSA) is 15.3 Å². The first-order valence-corrected chi connectivity index (χ1v) is 6.13. The molecule has 2 aliphatic rings. The zero-order chi connectivity index (χ0) is 11.2. The molecule has 1 N–H and O–H groups in total. The average molecular weight is 303 g/mol. The van der Waals surface area contributed by atoms with Crippen LogP contribution in [0.25, 0.3) is 11.1 Å². The van der Waals surface area contributed by atoms with Gasteiger partial charge in [0, 0.05) is 24.3 Å². The number of anilines is 1. The van der Waals surface area contributed by atoms with Crippen LogP contribution in [-0.4, -0.2) is 13.1 Å². The molecule has 2 aromatic carbocycles. The van der Waals surface area contributed by atoms with Gasteiger partial charge in [0.25, 0.3) is 0 Å². The van der Waals surface area contributed by atoms with E-state index in [0.29, 0.717) is 6.17 Å². The van der Waals surface area contributed by atoms with Gasteiger partial charge in [0.1, 0.15) is 6.17 Å². The van der Waals surface area contributed by atoms with Crippen molar-refractivity contribution in [1.29, 1.82) is 0 Å². The van der Waals surface area contributed by atoms with Gasteiger partial charge in [0.2, 0.25) is 0 Å². The first-order valence-electron chi connectivity index (χ1n) is 6.13. The number of fused-ring (bicyclic) bond motifs is 6. The van der Waals surface area contributed by atoms with Gasteiger partial charge in [-0.2, -0.15) is 0 Å². The van der Waals surface area contributed by atoms with E-state index in [1.807, 2.05) is 0 Å². The first-order chi connectivity index (χ1) is 8.45. The van der Waals surface area contributed by atoms with Crippen LogP contribution in [-0.2, 0) is 0 Å². The normalized spacial score (nSPS) is 19.6. The van der Waals surface area contributed by atoms with Crippen LogP contribution in [0.15, 0.2) is 48.5 Å². The van der Waals surface area contributed by atoms with Crippen LogP contribution in [0.5, 0.6) is 0 Å². The van der Waals surface area contributed by atoms with Crippen molar-refractivity contribution < 1.29 is 0 Å². The van der Waals surface area contributed by atoms with E-state index in [2.05, 4.69) is 58.7 Å². The monoisotopic (exact) mass is 302 g/mol. The lowest BCUT2D eigenvalue weighted by molar-refractivity contribution is 0.640. The fourth-order valence-corrected chi connectivity index (χ4v) is 3.03. The standard InChI is InChI=1S/C15H14N2.BrH/c1-2-7-13-11(5-1)12-6-3-4-8-14(12)17-10-9-16-15(13)17;/h1-8,15-16H,9-10H2;1H. The minimum atomic E-state index is 0. The Balaban J connectivity index is 0.000001000. The molecule has 2 aromatic rings. The molecule has 92 valence electrons. The van der Waals surface area contributed by atoms with Crippen LogP contribution < -0.4 is 10.2 Å². The van der Waals surface area contributed by atoms with Crippen LogP contribution in [0.2, 0.25) is 0 Å². The molecule has 1 saturated heterocycles. The summed E-state index contributed by atoms with van der Waals surface area (Å²) in [6, 6.07) is 17.4. The van der Waals surface area contributed by atoms with Crippen molar-refractivity contribution in [3.8, 4) is 11.1 Å². The predicted molar refractivity (Wildman–Crippen MR) is 80.3 cm³/mol. The van der Waals surface area contributed by atoms with Crippen molar-refractivity contribution in [1.82, 2.24) is 5.32 Å². The lowest BCUT2D eigenvalue weighted by Crippen LogP contribution is -2.30. The second-order valence-corrected chi connectivity index (χ2v) is 4.65. The van der Waals surface area contributed by atoms with Gasteiger partial charge < -0.3 is 4.90 Å². The Kier molecular flexibility index (Phi) is 2.88. The molecule has 2 heterocycles. The van der Waals surface area contributed by atoms with E-state index >= 15 is 0 Å². The summed E-state index contributed by atoms with van der Waals surface area (Å²) in [5.41, 5.74) is 5.51. The van der Waals surface area contributed by atoms with Crippen molar-refractivity contribution in [2.45, 2.75) is 6.17 Å².